The summed E-state index contributed by atoms with van der Waals surface area (Å²) in [5.41, 5.74) is 2.26. The fourth-order valence-corrected chi connectivity index (χ4v) is 3.44. The molecule has 1 heterocycles. The molecular formula is C25H36IN3O3. The van der Waals surface area contributed by atoms with Crippen molar-refractivity contribution < 1.29 is 14.2 Å². The fraction of sp³-hybridized carbons (Fsp3) is 0.480. The van der Waals surface area contributed by atoms with E-state index in [1.807, 2.05) is 36.4 Å². The number of guanidine groups is 1. The minimum absolute atomic E-state index is 0. The number of ether oxygens (including phenoxy) is 3. The minimum atomic E-state index is 0. The first-order valence-electron chi connectivity index (χ1n) is 11.3. The lowest BCUT2D eigenvalue weighted by Gasteiger charge is -2.14. The quantitative estimate of drug-likeness (QED) is 0.177. The van der Waals surface area contributed by atoms with Gasteiger partial charge in [0.25, 0.3) is 0 Å². The fourth-order valence-electron chi connectivity index (χ4n) is 3.44. The molecule has 0 aliphatic carbocycles. The van der Waals surface area contributed by atoms with Gasteiger partial charge in [-0.25, -0.2) is 0 Å². The summed E-state index contributed by atoms with van der Waals surface area (Å²) >= 11 is 0. The first kappa shape index (κ1) is 26.4. The van der Waals surface area contributed by atoms with E-state index in [1.165, 1.54) is 0 Å². The number of halogens is 1. The molecule has 0 radical (unpaired) electrons. The molecule has 0 bridgehead atoms. The summed E-state index contributed by atoms with van der Waals surface area (Å²) in [4.78, 5) is 4.63. The number of para-hydroxylation sites is 1. The number of aliphatic imine (C=N–C) groups is 1. The van der Waals surface area contributed by atoms with E-state index < -0.39 is 0 Å². The molecule has 0 amide bonds. The predicted octanol–water partition coefficient (Wildman–Crippen LogP) is 4.35. The van der Waals surface area contributed by atoms with Gasteiger partial charge in [-0.1, -0.05) is 48.5 Å². The molecule has 0 spiro atoms. The van der Waals surface area contributed by atoms with Gasteiger partial charge in [0.1, 0.15) is 12.4 Å². The van der Waals surface area contributed by atoms with Gasteiger partial charge in [0.2, 0.25) is 0 Å². The smallest absolute Gasteiger partial charge is 0.191 e. The van der Waals surface area contributed by atoms with Gasteiger partial charge in [0.15, 0.2) is 5.96 Å². The van der Waals surface area contributed by atoms with Crippen LogP contribution in [0, 0.1) is 5.92 Å². The molecule has 6 nitrogen and oxygen atoms in total. The van der Waals surface area contributed by atoms with Crippen LogP contribution in [0.5, 0.6) is 5.75 Å². The zero-order valence-corrected chi connectivity index (χ0v) is 21.3. The van der Waals surface area contributed by atoms with Crippen LogP contribution in [0.3, 0.4) is 0 Å². The molecule has 1 atom stereocenters. The van der Waals surface area contributed by atoms with E-state index in [9.17, 15) is 0 Å². The van der Waals surface area contributed by atoms with Crippen LogP contribution in [0.4, 0.5) is 0 Å². The second-order valence-electron chi connectivity index (χ2n) is 7.56. The van der Waals surface area contributed by atoms with Crippen molar-refractivity contribution in [3.8, 4) is 16.9 Å². The Morgan fingerprint density at radius 1 is 1.06 bits per heavy atom. The van der Waals surface area contributed by atoms with Crippen LogP contribution in [0.1, 0.15) is 19.8 Å². The second kappa shape index (κ2) is 15.9. The molecular weight excluding hydrogens is 517 g/mol. The van der Waals surface area contributed by atoms with E-state index >= 15 is 0 Å². The van der Waals surface area contributed by atoms with Crippen molar-refractivity contribution in [1.82, 2.24) is 10.6 Å². The lowest BCUT2D eigenvalue weighted by atomic mass is 10.1. The Balaban J connectivity index is 0.00000363. The monoisotopic (exact) mass is 553 g/mol. The van der Waals surface area contributed by atoms with Gasteiger partial charge in [0.05, 0.1) is 19.8 Å². The van der Waals surface area contributed by atoms with E-state index in [0.29, 0.717) is 19.1 Å². The zero-order valence-electron chi connectivity index (χ0n) is 18.9. The third-order valence-corrected chi connectivity index (χ3v) is 5.06. The Hall–Kier alpha value is -1.84. The van der Waals surface area contributed by atoms with Gasteiger partial charge in [-0.05, 0) is 31.4 Å². The topological polar surface area (TPSA) is 64.1 Å². The summed E-state index contributed by atoms with van der Waals surface area (Å²) < 4.78 is 17.2. The minimum Gasteiger partial charge on any atom is -0.491 e. The molecule has 7 heteroatoms. The molecule has 2 aromatic carbocycles. The molecule has 1 fully saturated rings. The third-order valence-electron chi connectivity index (χ3n) is 5.06. The van der Waals surface area contributed by atoms with Gasteiger partial charge in [-0.2, -0.15) is 0 Å². The van der Waals surface area contributed by atoms with Gasteiger partial charge in [-0.3, -0.25) is 4.99 Å². The normalized spacial score (nSPS) is 15.8. The third kappa shape index (κ3) is 9.34. The molecule has 2 N–H and O–H groups in total. The van der Waals surface area contributed by atoms with Crippen LogP contribution in [0.15, 0.2) is 59.6 Å². The van der Waals surface area contributed by atoms with Crippen molar-refractivity contribution in [2.75, 3.05) is 52.7 Å². The van der Waals surface area contributed by atoms with Gasteiger partial charge in [-0.15, -0.1) is 24.0 Å². The van der Waals surface area contributed by atoms with E-state index in [2.05, 4.69) is 40.7 Å². The summed E-state index contributed by atoms with van der Waals surface area (Å²) in [6.45, 7) is 8.09. The second-order valence-corrected chi connectivity index (χ2v) is 7.56. The molecule has 1 aliphatic heterocycles. The highest BCUT2D eigenvalue weighted by Gasteiger charge is 2.15. The summed E-state index contributed by atoms with van der Waals surface area (Å²) in [6, 6.07) is 18.4. The van der Waals surface area contributed by atoms with Gasteiger partial charge in [0, 0.05) is 37.8 Å². The van der Waals surface area contributed by atoms with Crippen LogP contribution in [-0.2, 0) is 9.47 Å². The lowest BCUT2D eigenvalue weighted by Crippen LogP contribution is -2.39. The van der Waals surface area contributed by atoms with Crippen molar-refractivity contribution in [2.24, 2.45) is 10.9 Å². The van der Waals surface area contributed by atoms with Crippen LogP contribution >= 0.6 is 24.0 Å². The Labute approximate surface area is 209 Å². The molecule has 3 rings (SSSR count). The van der Waals surface area contributed by atoms with Crippen molar-refractivity contribution >= 4 is 29.9 Å². The van der Waals surface area contributed by atoms with Crippen molar-refractivity contribution in [3.63, 3.8) is 0 Å². The molecule has 176 valence electrons. The highest BCUT2D eigenvalue weighted by Crippen LogP contribution is 2.29. The lowest BCUT2D eigenvalue weighted by molar-refractivity contribution is 0.0893. The highest BCUT2D eigenvalue weighted by atomic mass is 127. The molecule has 32 heavy (non-hydrogen) atoms. The van der Waals surface area contributed by atoms with Crippen LogP contribution in [-0.4, -0.2) is 58.6 Å². The maximum absolute atomic E-state index is 6.05. The van der Waals surface area contributed by atoms with Gasteiger partial charge >= 0.3 is 0 Å². The Morgan fingerprint density at radius 3 is 2.66 bits per heavy atom. The largest absolute Gasteiger partial charge is 0.491 e. The van der Waals surface area contributed by atoms with E-state index in [-0.39, 0.29) is 24.0 Å². The zero-order chi connectivity index (χ0) is 21.6. The SMILES string of the molecule is CCNC(=NCCCOCC1CCOC1)NCCOc1ccccc1-c1ccccc1.I. The van der Waals surface area contributed by atoms with Crippen LogP contribution < -0.4 is 15.4 Å². The average molecular weight is 553 g/mol. The maximum atomic E-state index is 6.05. The Bertz CT molecular complexity index is 783. The summed E-state index contributed by atoms with van der Waals surface area (Å²) in [7, 11) is 0. The number of rotatable bonds is 12. The Kier molecular flexibility index (Phi) is 13.1. The van der Waals surface area contributed by atoms with Crippen molar-refractivity contribution in [3.05, 3.63) is 54.6 Å². The van der Waals surface area contributed by atoms with Crippen molar-refractivity contribution in [1.29, 1.82) is 0 Å². The maximum Gasteiger partial charge on any atom is 0.191 e. The predicted molar refractivity (Wildman–Crippen MR) is 141 cm³/mol. The van der Waals surface area contributed by atoms with Gasteiger partial charge < -0.3 is 24.8 Å². The van der Waals surface area contributed by atoms with E-state index in [1.54, 1.807) is 0 Å². The van der Waals surface area contributed by atoms with Crippen LogP contribution in [0.25, 0.3) is 11.1 Å². The molecule has 2 aromatic rings. The first-order chi connectivity index (χ1) is 15.4. The number of hydrogen-bond donors (Lipinski definition) is 2. The average Bonchev–Trinajstić information content (AvgIpc) is 3.33. The molecule has 0 saturated carbocycles. The standard InChI is InChI=1S/C25H35N3O3.HI/c1-2-26-25(27-14-8-16-29-19-21-13-17-30-20-21)28-15-18-31-24-12-7-6-11-23(24)22-9-4-3-5-10-22;/h3-7,9-12,21H,2,8,13-20H2,1H3,(H2,26,27,28);1H. The highest BCUT2D eigenvalue weighted by molar-refractivity contribution is 14.0. The summed E-state index contributed by atoms with van der Waals surface area (Å²) in [6.07, 6.45) is 2.02. The Morgan fingerprint density at radius 2 is 1.88 bits per heavy atom. The molecule has 1 saturated heterocycles. The summed E-state index contributed by atoms with van der Waals surface area (Å²) in [5.74, 6) is 2.27. The number of nitrogens with one attached hydrogen (secondary N) is 2. The van der Waals surface area contributed by atoms with E-state index in [4.69, 9.17) is 14.2 Å². The number of benzene rings is 2. The molecule has 0 aromatic heterocycles. The molecule has 1 aliphatic rings. The van der Waals surface area contributed by atoms with Crippen LogP contribution in [0.2, 0.25) is 0 Å². The molecule has 1 unspecified atom stereocenters. The summed E-state index contributed by atoms with van der Waals surface area (Å²) in [5, 5.41) is 6.62. The van der Waals surface area contributed by atoms with Crippen molar-refractivity contribution in [2.45, 2.75) is 19.8 Å². The number of hydrogen-bond acceptors (Lipinski definition) is 4. The number of nitrogens with zero attached hydrogens (tertiary/aromatic N) is 1. The first-order valence-corrected chi connectivity index (χ1v) is 11.3. The van der Waals surface area contributed by atoms with E-state index in [0.717, 1.165) is 75.2 Å².